The molecule has 3 nitrogen and oxygen atoms in total. The van der Waals surface area contributed by atoms with Gasteiger partial charge in [-0.1, -0.05) is 29.8 Å². The average Bonchev–Trinajstić information content (AvgIpc) is 2.98. The van der Waals surface area contributed by atoms with Gasteiger partial charge in [0.05, 0.1) is 0 Å². The van der Waals surface area contributed by atoms with Gasteiger partial charge in [-0.25, -0.2) is 0 Å². The molecule has 0 saturated carbocycles. The largest absolute Gasteiger partial charge is 0.550 e. The molecule has 4 rings (SSSR count). The van der Waals surface area contributed by atoms with Crippen molar-refractivity contribution in [2.24, 2.45) is 0 Å². The van der Waals surface area contributed by atoms with Crippen molar-refractivity contribution in [2.45, 2.75) is 43.0 Å². The second kappa shape index (κ2) is 7.61. The van der Waals surface area contributed by atoms with Crippen LogP contribution in [0.5, 0.6) is 0 Å². The van der Waals surface area contributed by atoms with Gasteiger partial charge in [0.15, 0.2) is 0 Å². The molecule has 0 radical (unpaired) electrons. The summed E-state index contributed by atoms with van der Waals surface area (Å²) in [7, 11) is 0. The zero-order valence-electron chi connectivity index (χ0n) is 15.2. The van der Waals surface area contributed by atoms with Crippen LogP contribution in [-0.4, -0.2) is 16.8 Å². The molecule has 1 atom stereocenters. The van der Waals surface area contributed by atoms with E-state index in [2.05, 4.69) is 41.2 Å². The fourth-order valence-electron chi connectivity index (χ4n) is 4.36. The number of carbonyl (C=O) groups excluding carboxylic acids is 1. The minimum atomic E-state index is -0.971. The van der Waals surface area contributed by atoms with Crippen LogP contribution in [0.1, 0.15) is 42.0 Å². The number of aliphatic carboxylic acids is 1. The summed E-state index contributed by atoms with van der Waals surface area (Å²) in [5.41, 5.74) is 4.83. The molecule has 0 bridgehead atoms. The lowest BCUT2D eigenvalue weighted by molar-refractivity contribution is -0.306. The first-order chi connectivity index (χ1) is 13.1. The summed E-state index contributed by atoms with van der Waals surface area (Å²) in [5.74, 6) is -0.964. The van der Waals surface area contributed by atoms with Gasteiger partial charge in [-0.3, -0.25) is 0 Å². The van der Waals surface area contributed by atoms with Gasteiger partial charge in [0.2, 0.25) is 0 Å². The van der Waals surface area contributed by atoms with Crippen molar-refractivity contribution in [3.8, 4) is 0 Å². The smallest absolute Gasteiger partial charge is 0.0496 e. The third kappa shape index (κ3) is 3.48. The molecule has 1 unspecified atom stereocenters. The van der Waals surface area contributed by atoms with Gasteiger partial charge in [0.25, 0.3) is 0 Å². The number of benzene rings is 2. The Morgan fingerprint density at radius 1 is 1.26 bits per heavy atom. The van der Waals surface area contributed by atoms with E-state index < -0.39 is 5.97 Å². The van der Waals surface area contributed by atoms with Crippen LogP contribution >= 0.6 is 23.4 Å². The van der Waals surface area contributed by atoms with Gasteiger partial charge in [-0.05, 0) is 67.3 Å². The number of hydrogen-bond donors (Lipinski definition) is 0. The van der Waals surface area contributed by atoms with Gasteiger partial charge in [0.1, 0.15) is 0 Å². The van der Waals surface area contributed by atoms with Crippen LogP contribution in [0.15, 0.2) is 47.4 Å². The van der Waals surface area contributed by atoms with Gasteiger partial charge < -0.3 is 14.5 Å². The normalized spacial score (nSPS) is 16.4. The Bertz CT molecular complexity index is 994. The molecule has 1 aliphatic heterocycles. The van der Waals surface area contributed by atoms with Gasteiger partial charge in [0, 0.05) is 44.9 Å². The SMILES string of the molecule is CSc1cccc2c1c(Cc1ccc(Cl)cc1)c1n2CCCC1CC(=O)[O-]. The Balaban J connectivity index is 1.93. The fourth-order valence-corrected chi connectivity index (χ4v) is 5.14. The molecule has 0 N–H and O–H groups in total. The van der Waals surface area contributed by atoms with Crippen LogP contribution < -0.4 is 5.11 Å². The maximum Gasteiger partial charge on any atom is 0.0496 e. The maximum atomic E-state index is 11.4. The lowest BCUT2D eigenvalue weighted by atomic mass is 9.88. The monoisotopic (exact) mass is 398 g/mol. The summed E-state index contributed by atoms with van der Waals surface area (Å²) in [6.07, 6.45) is 4.84. The van der Waals surface area contributed by atoms with E-state index in [4.69, 9.17) is 11.6 Å². The second-order valence-electron chi connectivity index (χ2n) is 7.09. The molecular weight excluding hydrogens is 378 g/mol. The number of thioether (sulfide) groups is 1. The van der Waals surface area contributed by atoms with Crippen molar-refractivity contribution in [1.29, 1.82) is 0 Å². The highest BCUT2D eigenvalue weighted by Crippen LogP contribution is 2.42. The number of nitrogens with zero attached hydrogens (tertiary/aromatic N) is 1. The summed E-state index contributed by atoms with van der Waals surface area (Å²) in [6.45, 7) is 0.938. The predicted molar refractivity (Wildman–Crippen MR) is 110 cm³/mol. The number of carboxylic acid groups (broad SMARTS) is 1. The second-order valence-corrected chi connectivity index (χ2v) is 8.37. The van der Waals surface area contributed by atoms with Gasteiger partial charge in [-0.2, -0.15) is 0 Å². The number of aromatic nitrogens is 1. The van der Waals surface area contributed by atoms with Crippen LogP contribution in [0.3, 0.4) is 0 Å². The molecule has 3 aromatic rings. The summed E-state index contributed by atoms with van der Waals surface area (Å²) in [5, 5.41) is 13.4. The molecular formula is C22H21ClNO2S-. The fraction of sp³-hybridized carbons (Fsp3) is 0.318. The Hall–Kier alpha value is -1.91. The van der Waals surface area contributed by atoms with E-state index in [-0.39, 0.29) is 12.3 Å². The molecule has 140 valence electrons. The van der Waals surface area contributed by atoms with Crippen molar-refractivity contribution in [3.05, 3.63) is 64.3 Å². The first kappa shape index (κ1) is 18.5. The molecule has 1 aliphatic rings. The molecule has 1 aromatic heterocycles. The van der Waals surface area contributed by atoms with Gasteiger partial charge >= 0.3 is 0 Å². The summed E-state index contributed by atoms with van der Waals surface area (Å²) in [6, 6.07) is 14.3. The van der Waals surface area contributed by atoms with Crippen LogP contribution in [0.2, 0.25) is 5.02 Å². The summed E-state index contributed by atoms with van der Waals surface area (Å²) >= 11 is 7.79. The van der Waals surface area contributed by atoms with Crippen LogP contribution in [0.4, 0.5) is 0 Å². The summed E-state index contributed by atoms with van der Waals surface area (Å²) < 4.78 is 2.34. The highest BCUT2D eigenvalue weighted by Gasteiger charge is 2.28. The van der Waals surface area contributed by atoms with E-state index in [9.17, 15) is 9.90 Å². The molecule has 0 fully saturated rings. The number of carbonyl (C=O) groups is 1. The first-order valence-corrected chi connectivity index (χ1v) is 10.8. The van der Waals surface area contributed by atoms with Crippen molar-refractivity contribution in [1.82, 2.24) is 4.57 Å². The molecule has 0 amide bonds. The number of rotatable bonds is 5. The van der Waals surface area contributed by atoms with Crippen molar-refractivity contribution >= 4 is 40.2 Å². The quantitative estimate of drug-likeness (QED) is 0.589. The maximum absolute atomic E-state index is 11.4. The van der Waals surface area contributed by atoms with Crippen LogP contribution in [0.25, 0.3) is 10.9 Å². The Labute approximate surface area is 168 Å². The molecule has 2 aromatic carbocycles. The molecule has 5 heteroatoms. The third-order valence-electron chi connectivity index (χ3n) is 5.44. The van der Waals surface area contributed by atoms with E-state index in [1.54, 1.807) is 11.8 Å². The number of hydrogen-bond acceptors (Lipinski definition) is 3. The zero-order chi connectivity index (χ0) is 19.0. The van der Waals surface area contributed by atoms with Crippen molar-refractivity contribution < 1.29 is 9.90 Å². The first-order valence-electron chi connectivity index (χ1n) is 9.20. The lowest BCUT2D eigenvalue weighted by Crippen LogP contribution is -2.27. The number of fused-ring (bicyclic) bond motifs is 3. The molecule has 2 heterocycles. The Morgan fingerprint density at radius 2 is 2.04 bits per heavy atom. The number of carboxylic acids is 1. The minimum Gasteiger partial charge on any atom is -0.550 e. The van der Waals surface area contributed by atoms with Gasteiger partial charge in [-0.15, -0.1) is 11.8 Å². The molecule has 27 heavy (non-hydrogen) atoms. The molecule has 0 saturated heterocycles. The zero-order valence-corrected chi connectivity index (χ0v) is 16.8. The Morgan fingerprint density at radius 3 is 2.74 bits per heavy atom. The van der Waals surface area contributed by atoms with E-state index in [1.807, 2.05) is 12.1 Å². The molecule has 0 spiro atoms. The topological polar surface area (TPSA) is 45.1 Å². The number of aryl methyl sites for hydroxylation is 1. The predicted octanol–water partition coefficient (Wildman–Crippen LogP) is 4.62. The minimum absolute atomic E-state index is 0.00755. The molecule has 0 aliphatic carbocycles. The van der Waals surface area contributed by atoms with E-state index in [0.717, 1.165) is 30.8 Å². The van der Waals surface area contributed by atoms with E-state index in [1.165, 1.54) is 32.6 Å². The van der Waals surface area contributed by atoms with Crippen molar-refractivity contribution in [3.63, 3.8) is 0 Å². The standard InChI is InChI=1S/C22H22ClNO2S/c1-27-19-6-2-5-18-21(19)17(12-14-7-9-16(23)10-8-14)22-15(13-20(25)26)4-3-11-24(18)22/h2,5-10,15H,3-4,11-13H2,1H3,(H,25,26)/p-1. The average molecular weight is 399 g/mol. The third-order valence-corrected chi connectivity index (χ3v) is 6.48. The number of halogens is 1. The van der Waals surface area contributed by atoms with Crippen LogP contribution in [0, 0.1) is 0 Å². The van der Waals surface area contributed by atoms with E-state index in [0.29, 0.717) is 0 Å². The Kier molecular flexibility index (Phi) is 5.20. The highest BCUT2D eigenvalue weighted by atomic mass is 35.5. The van der Waals surface area contributed by atoms with E-state index >= 15 is 0 Å². The summed E-state index contributed by atoms with van der Waals surface area (Å²) in [4.78, 5) is 12.6. The lowest BCUT2D eigenvalue weighted by Gasteiger charge is -2.27. The highest BCUT2D eigenvalue weighted by molar-refractivity contribution is 7.98. The van der Waals surface area contributed by atoms with Crippen LogP contribution in [-0.2, 0) is 17.8 Å². The van der Waals surface area contributed by atoms with Crippen molar-refractivity contribution in [2.75, 3.05) is 6.26 Å².